The van der Waals surface area contributed by atoms with Gasteiger partial charge in [0.2, 0.25) is 11.5 Å². The van der Waals surface area contributed by atoms with Crippen LogP contribution in [0.25, 0.3) is 0 Å². The molecule has 24 nitrogen and oxygen atoms in total. The SMILES string of the molecule is Cc1sc(N)nc1/C(=N/OC(C)(C)C(=O)O)C(=O)N[C@@H]1C(=O)N(CC(=O)O)C1SN1CCN(NC(=O)C(=O)NNC(=O)C(=O)c2ccc(O)c(O)c2Cl)C1=O. The first-order valence-electron chi connectivity index (χ1n) is 15.1. The van der Waals surface area contributed by atoms with E-state index in [9.17, 15) is 63.6 Å². The molecule has 2 aliphatic rings. The van der Waals surface area contributed by atoms with Gasteiger partial charge in [-0.05, 0) is 44.9 Å². The molecule has 0 radical (unpaired) electrons. The number of likely N-dealkylation sites (tertiary alicyclic amines) is 1. The molecule has 4 rings (SSSR count). The third-order valence-electron chi connectivity index (χ3n) is 7.35. The second-order valence-corrected chi connectivity index (χ2v) is 14.4. The number of oxime groups is 1. The molecule has 7 amide bonds. The number of phenols is 2. The van der Waals surface area contributed by atoms with Gasteiger partial charge in [0.15, 0.2) is 22.3 Å². The molecule has 294 valence electrons. The molecular formula is C28H29ClN10O14S2. The number of β-lactam (4-membered cyclic amide) rings is 1. The summed E-state index contributed by atoms with van der Waals surface area (Å²) in [4.78, 5) is 123. The van der Waals surface area contributed by atoms with Crippen LogP contribution in [-0.4, -0.2) is 135 Å². The van der Waals surface area contributed by atoms with Crippen LogP contribution in [0.15, 0.2) is 17.3 Å². The molecule has 2 saturated heterocycles. The van der Waals surface area contributed by atoms with Gasteiger partial charge in [-0.2, -0.15) is 0 Å². The minimum absolute atomic E-state index is 0.0191. The Kier molecular flexibility index (Phi) is 12.3. The normalized spacial score (nSPS) is 16.9. The number of nitrogens with zero attached hydrogens (tertiary/aromatic N) is 5. The molecule has 55 heavy (non-hydrogen) atoms. The van der Waals surface area contributed by atoms with Crippen molar-refractivity contribution in [1.82, 2.24) is 40.8 Å². The fraction of sp³-hybridized carbons (Fsp3) is 0.321. The van der Waals surface area contributed by atoms with Crippen LogP contribution in [0.2, 0.25) is 5.02 Å². The molecule has 10 N–H and O–H groups in total. The summed E-state index contributed by atoms with van der Waals surface area (Å²) in [5.74, 6) is -12.3. The number of amides is 7. The van der Waals surface area contributed by atoms with Crippen LogP contribution in [-0.2, 0) is 38.4 Å². The lowest BCUT2D eigenvalue weighted by atomic mass is 10.1. The number of urea groups is 1. The van der Waals surface area contributed by atoms with Crippen molar-refractivity contribution >= 4 is 99.0 Å². The number of rotatable bonds is 13. The number of hydrogen-bond acceptors (Lipinski definition) is 17. The summed E-state index contributed by atoms with van der Waals surface area (Å²) < 4.78 is 0.985. The number of halogens is 1. The smallest absolute Gasteiger partial charge is 0.350 e. The predicted octanol–water partition coefficient (Wildman–Crippen LogP) is -2.13. The summed E-state index contributed by atoms with van der Waals surface area (Å²) in [7, 11) is 0. The number of phenolic OH excluding ortho intramolecular Hbond substituents is 2. The number of carbonyl (C=O) groups excluding carboxylic acids is 7. The number of benzene rings is 1. The van der Waals surface area contributed by atoms with Crippen molar-refractivity contribution in [2.75, 3.05) is 25.4 Å². The molecule has 27 heteroatoms. The molecule has 0 bridgehead atoms. The van der Waals surface area contributed by atoms with Crippen LogP contribution in [0, 0.1) is 6.92 Å². The first-order valence-corrected chi connectivity index (χ1v) is 17.2. The Balaban J connectivity index is 1.41. The molecule has 0 aliphatic carbocycles. The maximum absolute atomic E-state index is 13.5. The van der Waals surface area contributed by atoms with Crippen LogP contribution >= 0.6 is 34.9 Å². The summed E-state index contributed by atoms with van der Waals surface area (Å²) >= 11 is 7.32. The van der Waals surface area contributed by atoms with Crippen molar-refractivity contribution in [3.05, 3.63) is 33.3 Å². The third kappa shape index (κ3) is 9.04. The van der Waals surface area contributed by atoms with E-state index in [0.29, 0.717) is 21.8 Å². The minimum Gasteiger partial charge on any atom is -0.504 e. The average molecular weight is 829 g/mol. The zero-order chi connectivity index (χ0) is 41.1. The van der Waals surface area contributed by atoms with Gasteiger partial charge >= 0.3 is 35.7 Å². The van der Waals surface area contributed by atoms with E-state index in [0.717, 1.165) is 46.5 Å². The molecule has 1 aromatic heterocycles. The van der Waals surface area contributed by atoms with E-state index in [1.165, 1.54) is 6.92 Å². The van der Waals surface area contributed by atoms with Crippen molar-refractivity contribution < 1.29 is 68.4 Å². The summed E-state index contributed by atoms with van der Waals surface area (Å²) in [5, 5.41) is 42.7. The average Bonchev–Trinajstić information content (AvgIpc) is 3.64. The topological polar surface area (TPSA) is 353 Å². The summed E-state index contributed by atoms with van der Waals surface area (Å²) in [5.41, 5.74) is 7.91. The van der Waals surface area contributed by atoms with Gasteiger partial charge in [-0.25, -0.2) is 19.6 Å². The number of aliphatic carboxylic acids is 2. The van der Waals surface area contributed by atoms with E-state index < -0.39 is 105 Å². The van der Waals surface area contributed by atoms with Crippen LogP contribution in [0.3, 0.4) is 0 Å². The number of Topliss-reactive ketones (excluding diaryl/α,β-unsaturated/α-hetero) is 1. The summed E-state index contributed by atoms with van der Waals surface area (Å²) in [6.45, 7) is 2.55. The predicted molar refractivity (Wildman–Crippen MR) is 186 cm³/mol. The van der Waals surface area contributed by atoms with E-state index in [4.69, 9.17) is 22.2 Å². The second kappa shape index (κ2) is 16.3. The fourth-order valence-electron chi connectivity index (χ4n) is 4.43. The zero-order valence-electron chi connectivity index (χ0n) is 28.3. The lowest BCUT2D eigenvalue weighted by Crippen LogP contribution is -2.71. The number of carboxylic acids is 2. The van der Waals surface area contributed by atoms with E-state index in [1.807, 2.05) is 5.43 Å². The molecule has 2 aromatic rings. The Hall–Kier alpha value is -6.41. The van der Waals surface area contributed by atoms with E-state index in [2.05, 4.69) is 15.5 Å². The lowest BCUT2D eigenvalue weighted by Gasteiger charge is -2.46. The quantitative estimate of drug-likeness (QED) is 0.0198. The molecular weight excluding hydrogens is 800 g/mol. The Morgan fingerprint density at radius 2 is 1.71 bits per heavy atom. The van der Waals surface area contributed by atoms with Gasteiger partial charge in [0.05, 0.1) is 23.7 Å². The maximum atomic E-state index is 13.5. The van der Waals surface area contributed by atoms with Crippen LogP contribution in [0.1, 0.15) is 34.8 Å². The number of thiazole rings is 1. The molecule has 2 aliphatic heterocycles. The number of aromatic hydroxyl groups is 2. The number of aromatic nitrogens is 1. The number of nitrogens with one attached hydrogen (secondary N) is 4. The highest BCUT2D eigenvalue weighted by Gasteiger charge is 2.52. The van der Waals surface area contributed by atoms with Crippen molar-refractivity contribution in [3.8, 4) is 11.5 Å². The Morgan fingerprint density at radius 1 is 1.05 bits per heavy atom. The van der Waals surface area contributed by atoms with Gasteiger partial charge in [-0.15, -0.1) is 11.3 Å². The number of carboxylic acid groups (broad SMARTS) is 2. The van der Waals surface area contributed by atoms with Crippen LogP contribution < -0.4 is 27.3 Å². The van der Waals surface area contributed by atoms with E-state index >= 15 is 0 Å². The first-order chi connectivity index (χ1) is 25.6. The molecule has 2 atom stereocenters. The Morgan fingerprint density at radius 3 is 2.31 bits per heavy atom. The fourth-order valence-corrected chi connectivity index (χ4v) is 6.60. The van der Waals surface area contributed by atoms with E-state index in [1.54, 1.807) is 10.9 Å². The van der Waals surface area contributed by atoms with Gasteiger partial charge in [-0.3, -0.25) is 54.1 Å². The van der Waals surface area contributed by atoms with E-state index in [-0.39, 0.29) is 23.9 Å². The Labute approximate surface area is 320 Å². The number of aryl methyl sites for hydroxylation is 1. The zero-order valence-corrected chi connectivity index (χ0v) is 30.7. The summed E-state index contributed by atoms with van der Waals surface area (Å²) in [6, 6.07) is -0.660. The largest absolute Gasteiger partial charge is 0.504 e. The van der Waals surface area contributed by atoms with Crippen LogP contribution in [0.4, 0.5) is 9.93 Å². The number of carbonyl (C=O) groups is 9. The number of anilines is 1. The monoisotopic (exact) mass is 828 g/mol. The number of nitrogens with two attached hydrogens (primary N) is 1. The van der Waals surface area contributed by atoms with Crippen molar-refractivity contribution in [2.45, 2.75) is 37.8 Å². The van der Waals surface area contributed by atoms with Gasteiger partial charge in [-0.1, -0.05) is 16.8 Å². The molecule has 1 unspecified atom stereocenters. The standard InChI is InChI=1S/C28H29ClN10O14S2/c1-9-14(32-26(30)54-9)15(36-53-28(2,3)25(50)51)19(45)31-16-23(49)37(8-12(41)42)24(16)55-39-7-6-38(27(39)52)35-22(48)21(47)34-33-20(46)17(43)10-4-5-11(40)18(44)13(10)29/h4-5,16,24,40,44H,6-8H2,1-3H3,(H2,30,32)(H,31,45)(H,33,46)(H,34,47)(H,35,48)(H,41,42)(H,50,51)/b36-15-/t16-,24?/m1/s1. The van der Waals surface area contributed by atoms with Crippen molar-refractivity contribution in [2.24, 2.45) is 5.16 Å². The highest BCUT2D eigenvalue weighted by atomic mass is 35.5. The van der Waals surface area contributed by atoms with Crippen molar-refractivity contribution in [3.63, 3.8) is 0 Å². The Bertz CT molecular complexity index is 2040. The summed E-state index contributed by atoms with van der Waals surface area (Å²) in [6.07, 6.45) is 0. The van der Waals surface area contributed by atoms with Gasteiger partial charge in [0.25, 0.3) is 11.7 Å². The molecule has 3 heterocycles. The number of hydrogen-bond donors (Lipinski definition) is 9. The highest BCUT2D eigenvalue weighted by molar-refractivity contribution is 7.98. The number of nitrogen functional groups attached to an aromatic ring is 1. The number of hydrazine groups is 2. The lowest BCUT2D eigenvalue weighted by molar-refractivity contribution is -0.161. The molecule has 0 spiro atoms. The number of ketones is 1. The third-order valence-corrected chi connectivity index (χ3v) is 9.87. The molecule has 0 saturated carbocycles. The molecule has 1 aromatic carbocycles. The van der Waals surface area contributed by atoms with Gasteiger partial charge < -0.3 is 41.2 Å². The highest BCUT2D eigenvalue weighted by Crippen LogP contribution is 2.36. The minimum atomic E-state index is -1.91. The van der Waals surface area contributed by atoms with Gasteiger partial charge in [0, 0.05) is 4.88 Å². The first kappa shape index (κ1) is 41.3. The van der Waals surface area contributed by atoms with Gasteiger partial charge in [0.1, 0.15) is 23.7 Å². The maximum Gasteiger partial charge on any atom is 0.350 e. The van der Waals surface area contributed by atoms with Crippen LogP contribution in [0.5, 0.6) is 11.5 Å². The van der Waals surface area contributed by atoms with Crippen molar-refractivity contribution in [1.29, 1.82) is 0 Å². The second-order valence-electron chi connectivity index (χ2n) is 11.6. The molecule has 2 fully saturated rings.